The van der Waals surface area contributed by atoms with Crippen molar-refractivity contribution in [2.24, 2.45) is 0 Å². The summed E-state index contributed by atoms with van der Waals surface area (Å²) >= 11 is 0. The molecule has 160 valence electrons. The number of aromatic hydroxyl groups is 2. The second-order valence-electron chi connectivity index (χ2n) is 7.24. The molecule has 3 rings (SSSR count). The molecule has 0 aliphatic heterocycles. The van der Waals surface area contributed by atoms with E-state index in [2.05, 4.69) is 0 Å². The summed E-state index contributed by atoms with van der Waals surface area (Å²) < 4.78 is 16.6. The molecule has 0 saturated heterocycles. The molecule has 1 heterocycles. The average molecular weight is 413 g/mol. The number of phenolic OH excluding ortho intramolecular Hbond substituents is 2. The third kappa shape index (κ3) is 4.97. The molecule has 0 spiro atoms. The van der Waals surface area contributed by atoms with Crippen LogP contribution in [0.3, 0.4) is 0 Å². The van der Waals surface area contributed by atoms with Gasteiger partial charge in [-0.05, 0) is 56.7 Å². The fourth-order valence-electron chi connectivity index (χ4n) is 3.15. The van der Waals surface area contributed by atoms with Crippen LogP contribution in [-0.2, 0) is 4.74 Å². The van der Waals surface area contributed by atoms with Crippen LogP contribution in [0.5, 0.6) is 17.2 Å². The van der Waals surface area contributed by atoms with Gasteiger partial charge < -0.3 is 29.0 Å². The van der Waals surface area contributed by atoms with Gasteiger partial charge in [0.05, 0.1) is 18.3 Å². The fourth-order valence-corrected chi connectivity index (χ4v) is 3.15. The number of hydrogen-bond donors (Lipinski definition) is 2. The number of phenols is 2. The maximum Gasteiger partial charge on any atom is 0.374 e. The minimum absolute atomic E-state index is 0.133. The molecule has 30 heavy (non-hydrogen) atoms. The Morgan fingerprint density at radius 3 is 2.67 bits per heavy atom. The van der Waals surface area contributed by atoms with Crippen LogP contribution in [0.4, 0.5) is 5.69 Å². The number of furan rings is 1. The lowest BCUT2D eigenvalue weighted by Gasteiger charge is -2.25. The van der Waals surface area contributed by atoms with Crippen molar-refractivity contribution in [2.75, 3.05) is 24.6 Å². The first-order valence-electron chi connectivity index (χ1n) is 10.0. The molecule has 2 N–H and O–H groups in total. The van der Waals surface area contributed by atoms with Gasteiger partial charge >= 0.3 is 5.97 Å². The molecule has 0 aliphatic carbocycles. The van der Waals surface area contributed by atoms with E-state index in [1.54, 1.807) is 50.2 Å². The third-order valence-corrected chi connectivity index (χ3v) is 4.49. The van der Waals surface area contributed by atoms with Gasteiger partial charge in [-0.1, -0.05) is 13.0 Å². The van der Waals surface area contributed by atoms with Crippen molar-refractivity contribution in [3.05, 3.63) is 48.2 Å². The summed E-state index contributed by atoms with van der Waals surface area (Å²) in [4.78, 5) is 14.0. The fraction of sp³-hybridized carbons (Fsp3) is 0.348. The molecule has 0 unspecified atom stereocenters. The minimum atomic E-state index is -0.496. The predicted octanol–water partition coefficient (Wildman–Crippen LogP) is 4.70. The smallest absolute Gasteiger partial charge is 0.374 e. The van der Waals surface area contributed by atoms with Crippen molar-refractivity contribution >= 4 is 22.6 Å². The Kier molecular flexibility index (Phi) is 6.72. The first kappa shape index (κ1) is 21.4. The van der Waals surface area contributed by atoms with Gasteiger partial charge in [0.25, 0.3) is 0 Å². The minimum Gasteiger partial charge on any atom is -0.504 e. The van der Waals surface area contributed by atoms with Gasteiger partial charge in [-0.15, -0.1) is 0 Å². The lowest BCUT2D eigenvalue weighted by Crippen LogP contribution is -2.29. The number of para-hydroxylation sites is 1. The third-order valence-electron chi connectivity index (χ3n) is 4.49. The molecule has 1 aromatic heterocycles. The van der Waals surface area contributed by atoms with Crippen molar-refractivity contribution in [2.45, 2.75) is 33.3 Å². The van der Waals surface area contributed by atoms with Crippen LogP contribution in [0.15, 0.2) is 46.9 Å². The van der Waals surface area contributed by atoms with Crippen LogP contribution in [0.1, 0.15) is 37.7 Å². The number of benzene rings is 2. The van der Waals surface area contributed by atoms with E-state index in [-0.39, 0.29) is 23.4 Å². The Morgan fingerprint density at radius 1 is 1.13 bits per heavy atom. The number of hydrogen-bond acceptors (Lipinski definition) is 7. The number of carbonyl (C=O) groups is 1. The van der Waals surface area contributed by atoms with Crippen LogP contribution < -0.4 is 9.64 Å². The van der Waals surface area contributed by atoms with Crippen LogP contribution in [0.25, 0.3) is 11.0 Å². The van der Waals surface area contributed by atoms with Gasteiger partial charge in [-0.3, -0.25) is 0 Å². The number of rotatable bonds is 9. The zero-order valence-electron chi connectivity index (χ0n) is 17.4. The molecule has 7 nitrogen and oxygen atoms in total. The van der Waals surface area contributed by atoms with Crippen LogP contribution >= 0.6 is 0 Å². The topological polar surface area (TPSA) is 92.4 Å². The summed E-state index contributed by atoms with van der Waals surface area (Å²) in [5.74, 6) is 0.0242. The van der Waals surface area contributed by atoms with E-state index in [1.165, 1.54) is 6.07 Å². The Bertz CT molecular complexity index is 1010. The molecule has 0 bridgehead atoms. The number of esters is 1. The van der Waals surface area contributed by atoms with Gasteiger partial charge in [0.1, 0.15) is 17.9 Å². The molecule has 2 aromatic carbocycles. The van der Waals surface area contributed by atoms with Crippen molar-refractivity contribution in [1.82, 2.24) is 0 Å². The highest BCUT2D eigenvalue weighted by Gasteiger charge is 2.16. The normalized spacial score (nSPS) is 11.1. The molecule has 0 radical (unpaired) electrons. The lowest BCUT2D eigenvalue weighted by molar-refractivity contribution is 0.0344. The van der Waals surface area contributed by atoms with E-state index in [9.17, 15) is 15.0 Å². The number of fused-ring (bicyclic) bond motifs is 1. The molecule has 0 saturated carbocycles. The van der Waals surface area contributed by atoms with Crippen molar-refractivity contribution in [3.63, 3.8) is 0 Å². The molecule has 0 fully saturated rings. The Hall–Kier alpha value is -3.35. The molecular weight excluding hydrogens is 386 g/mol. The SMILES string of the molecule is CCCN(CCOc1ccc2oc(C(=O)OC(C)C)cc2c1)c1cccc(O)c1O. The summed E-state index contributed by atoms with van der Waals surface area (Å²) in [6, 6.07) is 11.9. The van der Waals surface area contributed by atoms with Crippen LogP contribution in [0, 0.1) is 0 Å². The predicted molar refractivity (Wildman–Crippen MR) is 115 cm³/mol. The number of anilines is 1. The molecule has 7 heteroatoms. The summed E-state index contributed by atoms with van der Waals surface area (Å²) in [5, 5.41) is 20.7. The Morgan fingerprint density at radius 2 is 1.93 bits per heavy atom. The maximum absolute atomic E-state index is 12.0. The van der Waals surface area contributed by atoms with Crippen LogP contribution in [-0.4, -0.2) is 42.0 Å². The molecular formula is C23H27NO6. The highest BCUT2D eigenvalue weighted by Crippen LogP contribution is 2.35. The molecule has 0 atom stereocenters. The van der Waals surface area contributed by atoms with E-state index in [4.69, 9.17) is 13.9 Å². The number of ether oxygens (including phenoxy) is 2. The van der Waals surface area contributed by atoms with E-state index in [0.29, 0.717) is 36.7 Å². The van der Waals surface area contributed by atoms with E-state index in [1.807, 2.05) is 11.8 Å². The Balaban J connectivity index is 1.67. The first-order valence-corrected chi connectivity index (χ1v) is 10.0. The van der Waals surface area contributed by atoms with Gasteiger partial charge in [-0.25, -0.2) is 4.79 Å². The van der Waals surface area contributed by atoms with E-state index in [0.717, 1.165) is 11.8 Å². The van der Waals surface area contributed by atoms with Gasteiger partial charge in [0.2, 0.25) is 5.76 Å². The zero-order chi connectivity index (χ0) is 21.7. The summed E-state index contributed by atoms with van der Waals surface area (Å²) in [6.45, 7) is 7.22. The molecule has 0 aliphatic rings. The molecule has 0 amide bonds. The second kappa shape index (κ2) is 9.43. The van der Waals surface area contributed by atoms with Crippen LogP contribution in [0.2, 0.25) is 0 Å². The Labute approximate surface area is 175 Å². The standard InChI is InChI=1S/C23H27NO6/c1-4-10-24(18-6-5-7-19(25)22(18)26)11-12-28-17-8-9-20-16(13-17)14-21(30-20)23(27)29-15(2)3/h5-9,13-15,25-26H,4,10-12H2,1-3H3. The first-order chi connectivity index (χ1) is 14.4. The highest BCUT2D eigenvalue weighted by atomic mass is 16.6. The lowest BCUT2D eigenvalue weighted by atomic mass is 10.2. The van der Waals surface area contributed by atoms with E-state index < -0.39 is 5.97 Å². The van der Waals surface area contributed by atoms with Crippen molar-refractivity contribution in [3.8, 4) is 17.2 Å². The average Bonchev–Trinajstić information content (AvgIpc) is 3.13. The largest absolute Gasteiger partial charge is 0.504 e. The zero-order valence-corrected chi connectivity index (χ0v) is 17.4. The monoisotopic (exact) mass is 413 g/mol. The van der Waals surface area contributed by atoms with Gasteiger partial charge in [0, 0.05) is 11.9 Å². The van der Waals surface area contributed by atoms with E-state index >= 15 is 0 Å². The second-order valence-corrected chi connectivity index (χ2v) is 7.24. The summed E-state index contributed by atoms with van der Waals surface area (Å²) in [5.41, 5.74) is 1.15. The molecule has 3 aromatic rings. The number of carbonyl (C=O) groups excluding carboxylic acids is 1. The highest BCUT2D eigenvalue weighted by molar-refractivity contribution is 5.93. The summed E-state index contributed by atoms with van der Waals surface area (Å²) in [7, 11) is 0. The van der Waals surface area contributed by atoms with Gasteiger partial charge in [0.15, 0.2) is 11.5 Å². The van der Waals surface area contributed by atoms with Crippen molar-refractivity contribution < 1.29 is 28.9 Å². The summed E-state index contributed by atoms with van der Waals surface area (Å²) in [6.07, 6.45) is 0.660. The van der Waals surface area contributed by atoms with Crippen molar-refractivity contribution in [1.29, 1.82) is 0 Å². The van der Waals surface area contributed by atoms with Gasteiger partial charge in [-0.2, -0.15) is 0 Å². The number of nitrogens with zero attached hydrogens (tertiary/aromatic N) is 1. The quantitative estimate of drug-likeness (QED) is 0.388. The maximum atomic E-state index is 12.0.